The van der Waals surface area contributed by atoms with Gasteiger partial charge in [0.05, 0.1) is 34.1 Å². The number of amides is 2. The highest BCUT2D eigenvalue weighted by Crippen LogP contribution is 2.29. The molecule has 36 heavy (non-hydrogen) atoms. The van der Waals surface area contributed by atoms with E-state index in [0.29, 0.717) is 40.7 Å². The number of hydrogen-bond acceptors (Lipinski definition) is 7. The van der Waals surface area contributed by atoms with Crippen molar-refractivity contribution in [2.75, 3.05) is 27.9 Å². The van der Waals surface area contributed by atoms with Crippen molar-refractivity contribution >= 4 is 34.0 Å². The van der Waals surface area contributed by atoms with Gasteiger partial charge in [0.2, 0.25) is 0 Å². The Bertz CT molecular complexity index is 1230. The Morgan fingerprint density at radius 3 is 2.22 bits per heavy atom. The van der Waals surface area contributed by atoms with Gasteiger partial charge in [-0.05, 0) is 59.7 Å². The molecule has 0 bridgehead atoms. The Kier molecular flexibility index (Phi) is 9.70. The summed E-state index contributed by atoms with van der Waals surface area (Å²) in [5, 5.41) is 6.47. The molecule has 3 aromatic rings. The first-order valence-corrected chi connectivity index (χ1v) is 11.6. The van der Waals surface area contributed by atoms with E-state index in [1.54, 1.807) is 37.4 Å². The van der Waals surface area contributed by atoms with Gasteiger partial charge in [-0.3, -0.25) is 9.59 Å². The molecule has 0 aliphatic heterocycles. The van der Waals surface area contributed by atoms with Crippen LogP contribution in [-0.2, 0) is 11.4 Å². The Balaban J connectivity index is 1.50. The van der Waals surface area contributed by atoms with Gasteiger partial charge in [-0.1, -0.05) is 28.1 Å². The van der Waals surface area contributed by atoms with E-state index in [1.165, 1.54) is 26.5 Å². The summed E-state index contributed by atoms with van der Waals surface area (Å²) in [5.41, 5.74) is 4.42. The molecule has 0 heterocycles. The van der Waals surface area contributed by atoms with E-state index in [2.05, 4.69) is 31.8 Å². The first kappa shape index (κ1) is 26.6. The highest BCUT2D eigenvalue weighted by atomic mass is 79.9. The summed E-state index contributed by atoms with van der Waals surface area (Å²) < 4.78 is 22.6. The molecule has 2 amide bonds. The van der Waals surface area contributed by atoms with Crippen LogP contribution in [-0.4, -0.2) is 45.9 Å². The van der Waals surface area contributed by atoms with Crippen molar-refractivity contribution in [3.8, 4) is 23.0 Å². The number of nitrogens with one attached hydrogen (secondary N) is 2. The minimum Gasteiger partial charge on any atom is -0.493 e. The Hall–Kier alpha value is -4.05. The molecule has 0 aliphatic carbocycles. The number of hydrogen-bond donors (Lipinski definition) is 2. The Morgan fingerprint density at radius 2 is 1.53 bits per heavy atom. The molecule has 2 N–H and O–H groups in total. The molecule has 0 fully saturated rings. The number of halogens is 1. The fraction of sp³-hybridized carbons (Fsp3) is 0.192. The minimum absolute atomic E-state index is 0.253. The maximum absolute atomic E-state index is 12.3. The number of hydrazone groups is 1. The first-order valence-electron chi connectivity index (χ1n) is 10.8. The zero-order valence-electron chi connectivity index (χ0n) is 20.0. The van der Waals surface area contributed by atoms with Crippen molar-refractivity contribution in [1.29, 1.82) is 0 Å². The first-order chi connectivity index (χ1) is 17.4. The molecule has 0 atom stereocenters. The van der Waals surface area contributed by atoms with Crippen LogP contribution in [0.15, 0.2) is 70.2 Å². The summed E-state index contributed by atoms with van der Waals surface area (Å²) >= 11 is 3.41. The molecule has 0 aliphatic rings. The van der Waals surface area contributed by atoms with E-state index in [4.69, 9.17) is 18.9 Å². The molecule has 10 heteroatoms. The molecule has 9 nitrogen and oxygen atoms in total. The Morgan fingerprint density at radius 1 is 0.861 bits per heavy atom. The number of benzene rings is 3. The molecular weight excluding hydrogens is 530 g/mol. The quantitative estimate of drug-likeness (QED) is 0.274. The van der Waals surface area contributed by atoms with Gasteiger partial charge in [0.25, 0.3) is 11.8 Å². The van der Waals surface area contributed by atoms with E-state index >= 15 is 0 Å². The summed E-state index contributed by atoms with van der Waals surface area (Å²) in [7, 11) is 4.53. The summed E-state index contributed by atoms with van der Waals surface area (Å²) in [6.45, 7) is 0.138. The van der Waals surface area contributed by atoms with Crippen LogP contribution < -0.4 is 29.7 Å². The minimum atomic E-state index is -0.485. The van der Waals surface area contributed by atoms with Crippen LogP contribution in [0.5, 0.6) is 23.0 Å². The van der Waals surface area contributed by atoms with Crippen molar-refractivity contribution in [3.63, 3.8) is 0 Å². The molecule has 3 aromatic carbocycles. The zero-order valence-corrected chi connectivity index (χ0v) is 21.6. The maximum Gasteiger partial charge on any atom is 0.259 e. The number of methoxy groups -OCH3 is 3. The number of carbonyl (C=O) groups excluding carboxylic acids is 2. The molecule has 0 spiro atoms. The van der Waals surface area contributed by atoms with Crippen molar-refractivity contribution < 1.29 is 28.5 Å². The van der Waals surface area contributed by atoms with Crippen LogP contribution >= 0.6 is 15.9 Å². The molecule has 0 saturated heterocycles. The summed E-state index contributed by atoms with van der Waals surface area (Å²) in [4.78, 5) is 24.4. The largest absolute Gasteiger partial charge is 0.493 e. The molecule has 0 aromatic heterocycles. The van der Waals surface area contributed by atoms with Crippen LogP contribution in [0.2, 0.25) is 0 Å². The molecule has 0 unspecified atom stereocenters. The van der Waals surface area contributed by atoms with Gasteiger partial charge >= 0.3 is 0 Å². The van der Waals surface area contributed by atoms with E-state index < -0.39 is 11.8 Å². The van der Waals surface area contributed by atoms with Gasteiger partial charge in [0.1, 0.15) is 6.61 Å². The fourth-order valence-corrected chi connectivity index (χ4v) is 3.35. The second kappa shape index (κ2) is 13.1. The standard InChI is InChI=1S/C26H26BrN3O6/c1-33-21-11-7-19(13-24(21)35-3)26(32)28-15-25(31)30-29-14-18-6-10-22(23(12-18)34-2)36-16-17-4-8-20(27)9-5-17/h4-14H,15-16H2,1-3H3,(H,28,32)(H,30,31)/b29-14+. The SMILES string of the molecule is COc1ccc(C(=O)NCC(=O)N/N=C/c2ccc(OCc3ccc(Br)cc3)c(OC)c2)cc1OC. The maximum atomic E-state index is 12.3. The molecule has 188 valence electrons. The molecule has 3 rings (SSSR count). The monoisotopic (exact) mass is 555 g/mol. The van der Waals surface area contributed by atoms with Crippen molar-refractivity contribution in [3.05, 3.63) is 81.8 Å². The lowest BCUT2D eigenvalue weighted by atomic mass is 10.2. The lowest BCUT2D eigenvalue weighted by Gasteiger charge is -2.11. The number of ether oxygens (including phenoxy) is 4. The van der Waals surface area contributed by atoms with E-state index in [-0.39, 0.29) is 6.54 Å². The third-order valence-electron chi connectivity index (χ3n) is 4.95. The van der Waals surface area contributed by atoms with Crippen LogP contribution in [0.1, 0.15) is 21.5 Å². The second-order valence-electron chi connectivity index (χ2n) is 7.37. The Labute approximate surface area is 217 Å². The molecular formula is C26H26BrN3O6. The van der Waals surface area contributed by atoms with Crippen molar-refractivity contribution in [2.24, 2.45) is 5.10 Å². The highest BCUT2D eigenvalue weighted by molar-refractivity contribution is 9.10. The van der Waals surface area contributed by atoms with Crippen LogP contribution in [0.3, 0.4) is 0 Å². The average molecular weight is 556 g/mol. The van der Waals surface area contributed by atoms with Gasteiger partial charge in [0.15, 0.2) is 23.0 Å². The van der Waals surface area contributed by atoms with Crippen molar-refractivity contribution in [1.82, 2.24) is 10.7 Å². The van der Waals surface area contributed by atoms with Gasteiger partial charge in [-0.25, -0.2) is 5.43 Å². The topological polar surface area (TPSA) is 107 Å². The smallest absolute Gasteiger partial charge is 0.259 e. The third kappa shape index (κ3) is 7.47. The zero-order chi connectivity index (χ0) is 25.9. The number of rotatable bonds is 11. The summed E-state index contributed by atoms with van der Waals surface area (Å²) in [6, 6.07) is 17.9. The lowest BCUT2D eigenvalue weighted by molar-refractivity contribution is -0.120. The highest BCUT2D eigenvalue weighted by Gasteiger charge is 2.12. The van der Waals surface area contributed by atoms with Gasteiger partial charge in [0, 0.05) is 10.0 Å². The van der Waals surface area contributed by atoms with Crippen LogP contribution in [0.25, 0.3) is 0 Å². The normalized spacial score (nSPS) is 10.6. The van der Waals surface area contributed by atoms with Gasteiger partial charge < -0.3 is 24.3 Å². The molecule has 0 saturated carbocycles. The summed E-state index contributed by atoms with van der Waals surface area (Å²) in [5.74, 6) is 1.12. The predicted molar refractivity (Wildman–Crippen MR) is 139 cm³/mol. The predicted octanol–water partition coefficient (Wildman–Crippen LogP) is 3.93. The number of carbonyl (C=O) groups is 2. The van der Waals surface area contributed by atoms with E-state index in [0.717, 1.165) is 10.0 Å². The molecule has 0 radical (unpaired) electrons. The van der Waals surface area contributed by atoms with E-state index in [9.17, 15) is 9.59 Å². The number of nitrogens with zero attached hydrogens (tertiary/aromatic N) is 1. The van der Waals surface area contributed by atoms with Gasteiger partial charge in [-0.15, -0.1) is 0 Å². The fourth-order valence-electron chi connectivity index (χ4n) is 3.08. The summed E-state index contributed by atoms with van der Waals surface area (Å²) in [6.07, 6.45) is 1.47. The second-order valence-corrected chi connectivity index (χ2v) is 8.29. The third-order valence-corrected chi connectivity index (χ3v) is 5.48. The van der Waals surface area contributed by atoms with Crippen LogP contribution in [0, 0.1) is 0 Å². The van der Waals surface area contributed by atoms with E-state index in [1.807, 2.05) is 24.3 Å². The van der Waals surface area contributed by atoms with Crippen LogP contribution in [0.4, 0.5) is 0 Å². The van der Waals surface area contributed by atoms with Gasteiger partial charge in [-0.2, -0.15) is 5.10 Å². The lowest BCUT2D eigenvalue weighted by Crippen LogP contribution is -2.34. The average Bonchev–Trinajstić information content (AvgIpc) is 2.91. The van der Waals surface area contributed by atoms with Crippen molar-refractivity contribution in [2.45, 2.75) is 6.61 Å².